The zero-order chi connectivity index (χ0) is 17.8. The summed E-state index contributed by atoms with van der Waals surface area (Å²) in [5.74, 6) is 0.299. The average molecular weight is 337 g/mol. The van der Waals surface area contributed by atoms with Gasteiger partial charge in [0, 0.05) is 6.07 Å². The van der Waals surface area contributed by atoms with Crippen molar-refractivity contribution in [3.05, 3.63) is 76.1 Å². The first-order valence-corrected chi connectivity index (χ1v) is 8.06. The molecule has 128 valence electrons. The van der Waals surface area contributed by atoms with Gasteiger partial charge < -0.3 is 14.5 Å². The number of rotatable bonds is 5. The largest absolute Gasteiger partial charge is 0.491 e. The molecule has 0 aliphatic rings. The van der Waals surface area contributed by atoms with Crippen LogP contribution in [0, 0.1) is 6.92 Å². The SMILES string of the molecule is Cc1cccc(OCC(C)NC(=O)c2cc(=O)c3ccccc3o2)c1. The normalized spacial score (nSPS) is 11.9. The lowest BCUT2D eigenvalue weighted by Crippen LogP contribution is -2.37. The smallest absolute Gasteiger partial charge is 0.287 e. The van der Waals surface area contributed by atoms with Gasteiger partial charge in [0.05, 0.1) is 11.4 Å². The molecule has 0 aliphatic heterocycles. The number of benzene rings is 2. The summed E-state index contributed by atoms with van der Waals surface area (Å²) in [6, 6.07) is 15.5. The highest BCUT2D eigenvalue weighted by Gasteiger charge is 2.15. The minimum Gasteiger partial charge on any atom is -0.491 e. The monoisotopic (exact) mass is 337 g/mol. The number of carbonyl (C=O) groups excluding carboxylic acids is 1. The van der Waals surface area contributed by atoms with Crippen LogP contribution in [-0.4, -0.2) is 18.6 Å². The molecular formula is C20H19NO4. The summed E-state index contributed by atoms with van der Waals surface area (Å²) in [5.41, 5.74) is 1.26. The van der Waals surface area contributed by atoms with Gasteiger partial charge in [-0.1, -0.05) is 24.3 Å². The van der Waals surface area contributed by atoms with Crippen molar-refractivity contribution in [2.24, 2.45) is 0 Å². The molecule has 0 radical (unpaired) electrons. The van der Waals surface area contributed by atoms with Gasteiger partial charge >= 0.3 is 0 Å². The van der Waals surface area contributed by atoms with E-state index < -0.39 is 5.91 Å². The van der Waals surface area contributed by atoms with E-state index in [0.717, 1.165) is 11.3 Å². The van der Waals surface area contributed by atoms with Gasteiger partial charge in [0.1, 0.15) is 17.9 Å². The highest BCUT2D eigenvalue weighted by molar-refractivity contribution is 5.93. The molecular weight excluding hydrogens is 318 g/mol. The van der Waals surface area contributed by atoms with E-state index in [1.54, 1.807) is 24.3 Å². The summed E-state index contributed by atoms with van der Waals surface area (Å²) < 4.78 is 11.2. The summed E-state index contributed by atoms with van der Waals surface area (Å²) in [7, 11) is 0. The number of aryl methyl sites for hydroxylation is 1. The molecule has 0 saturated heterocycles. The third kappa shape index (κ3) is 4.07. The van der Waals surface area contributed by atoms with Crippen molar-refractivity contribution in [3.8, 4) is 5.75 Å². The topological polar surface area (TPSA) is 68.5 Å². The fourth-order valence-electron chi connectivity index (χ4n) is 2.48. The Bertz CT molecular complexity index is 961. The number of fused-ring (bicyclic) bond motifs is 1. The fraction of sp³-hybridized carbons (Fsp3) is 0.200. The zero-order valence-corrected chi connectivity index (χ0v) is 14.1. The van der Waals surface area contributed by atoms with Crippen molar-refractivity contribution in [1.82, 2.24) is 5.32 Å². The fourth-order valence-corrected chi connectivity index (χ4v) is 2.48. The van der Waals surface area contributed by atoms with E-state index in [0.29, 0.717) is 17.6 Å². The minimum atomic E-state index is -0.441. The molecule has 5 heteroatoms. The molecule has 0 aliphatic carbocycles. The van der Waals surface area contributed by atoms with Crippen molar-refractivity contribution < 1.29 is 13.9 Å². The van der Waals surface area contributed by atoms with Gasteiger partial charge in [-0.05, 0) is 43.7 Å². The first-order chi connectivity index (χ1) is 12.0. The second-order valence-electron chi connectivity index (χ2n) is 5.97. The maximum absolute atomic E-state index is 12.3. The minimum absolute atomic E-state index is 0.00824. The van der Waals surface area contributed by atoms with Crippen LogP contribution in [0.4, 0.5) is 0 Å². The van der Waals surface area contributed by atoms with Crippen LogP contribution in [0.5, 0.6) is 5.75 Å². The van der Waals surface area contributed by atoms with Crippen molar-refractivity contribution in [3.63, 3.8) is 0 Å². The van der Waals surface area contributed by atoms with E-state index in [-0.39, 0.29) is 17.2 Å². The van der Waals surface area contributed by atoms with E-state index >= 15 is 0 Å². The molecule has 0 bridgehead atoms. The average Bonchev–Trinajstić information content (AvgIpc) is 2.60. The standard InChI is InChI=1S/C20H19NO4/c1-13-6-5-7-15(10-13)24-12-14(2)21-20(23)19-11-17(22)16-8-3-4-9-18(16)25-19/h3-11,14H,12H2,1-2H3,(H,21,23). The van der Waals surface area contributed by atoms with Crippen LogP contribution in [0.25, 0.3) is 11.0 Å². The molecule has 0 fully saturated rings. The summed E-state index contributed by atoms with van der Waals surface area (Å²) in [5, 5.41) is 3.23. The predicted octanol–water partition coefficient (Wildman–Crippen LogP) is 3.30. The lowest BCUT2D eigenvalue weighted by molar-refractivity contribution is 0.0899. The molecule has 1 amide bonds. The predicted molar refractivity (Wildman–Crippen MR) is 96.1 cm³/mol. The highest BCUT2D eigenvalue weighted by atomic mass is 16.5. The van der Waals surface area contributed by atoms with Gasteiger partial charge in [-0.15, -0.1) is 0 Å². The zero-order valence-electron chi connectivity index (χ0n) is 14.1. The molecule has 1 aromatic heterocycles. The number of ether oxygens (including phenoxy) is 1. The number of para-hydroxylation sites is 1. The Kier molecular flexibility index (Phi) is 4.84. The highest BCUT2D eigenvalue weighted by Crippen LogP contribution is 2.13. The first-order valence-electron chi connectivity index (χ1n) is 8.06. The van der Waals surface area contributed by atoms with Crippen LogP contribution in [0.1, 0.15) is 23.0 Å². The molecule has 5 nitrogen and oxygen atoms in total. The Labute approximate surface area is 145 Å². The number of amides is 1. The summed E-state index contributed by atoms with van der Waals surface area (Å²) in [6.07, 6.45) is 0. The Morgan fingerprint density at radius 3 is 2.76 bits per heavy atom. The first kappa shape index (κ1) is 16.8. The van der Waals surface area contributed by atoms with Gasteiger partial charge in [0.15, 0.2) is 11.2 Å². The van der Waals surface area contributed by atoms with Gasteiger partial charge in [0.25, 0.3) is 5.91 Å². The second kappa shape index (κ2) is 7.21. The van der Waals surface area contributed by atoms with E-state index in [2.05, 4.69) is 5.32 Å². The molecule has 0 saturated carbocycles. The molecule has 1 N–H and O–H groups in total. The van der Waals surface area contributed by atoms with Crippen LogP contribution in [0.3, 0.4) is 0 Å². The summed E-state index contributed by atoms with van der Waals surface area (Å²) in [6.45, 7) is 4.12. The maximum atomic E-state index is 12.3. The van der Waals surface area contributed by atoms with Crippen molar-refractivity contribution in [2.75, 3.05) is 6.61 Å². The van der Waals surface area contributed by atoms with E-state index in [9.17, 15) is 9.59 Å². The van der Waals surface area contributed by atoms with E-state index in [4.69, 9.17) is 9.15 Å². The van der Waals surface area contributed by atoms with Gasteiger partial charge in [-0.2, -0.15) is 0 Å². The van der Waals surface area contributed by atoms with Gasteiger partial charge in [0.2, 0.25) is 0 Å². The third-order valence-electron chi connectivity index (χ3n) is 3.73. The number of carbonyl (C=O) groups is 1. The second-order valence-corrected chi connectivity index (χ2v) is 5.97. The Balaban J connectivity index is 1.66. The van der Waals surface area contributed by atoms with Crippen molar-refractivity contribution >= 4 is 16.9 Å². The van der Waals surface area contributed by atoms with Crippen LogP contribution in [-0.2, 0) is 0 Å². The molecule has 25 heavy (non-hydrogen) atoms. The van der Waals surface area contributed by atoms with Crippen LogP contribution >= 0.6 is 0 Å². The molecule has 0 spiro atoms. The maximum Gasteiger partial charge on any atom is 0.287 e. The molecule has 3 aromatic rings. The van der Waals surface area contributed by atoms with Crippen LogP contribution < -0.4 is 15.5 Å². The number of hydrogen-bond donors (Lipinski definition) is 1. The molecule has 1 unspecified atom stereocenters. The Morgan fingerprint density at radius 2 is 1.96 bits per heavy atom. The van der Waals surface area contributed by atoms with Gasteiger partial charge in [-0.3, -0.25) is 9.59 Å². The summed E-state index contributed by atoms with van der Waals surface area (Å²) >= 11 is 0. The summed E-state index contributed by atoms with van der Waals surface area (Å²) in [4.78, 5) is 24.4. The van der Waals surface area contributed by atoms with Crippen molar-refractivity contribution in [2.45, 2.75) is 19.9 Å². The van der Waals surface area contributed by atoms with Crippen LogP contribution in [0.2, 0.25) is 0 Å². The van der Waals surface area contributed by atoms with Crippen LogP contribution in [0.15, 0.2) is 63.8 Å². The number of nitrogens with one attached hydrogen (secondary N) is 1. The van der Waals surface area contributed by atoms with Gasteiger partial charge in [-0.25, -0.2) is 0 Å². The third-order valence-corrected chi connectivity index (χ3v) is 3.73. The number of hydrogen-bond acceptors (Lipinski definition) is 4. The lowest BCUT2D eigenvalue weighted by atomic mass is 10.2. The Hall–Kier alpha value is -3.08. The lowest BCUT2D eigenvalue weighted by Gasteiger charge is -2.15. The quantitative estimate of drug-likeness (QED) is 0.775. The molecule has 2 aromatic carbocycles. The molecule has 3 rings (SSSR count). The molecule has 1 atom stereocenters. The van der Waals surface area contributed by atoms with Crippen molar-refractivity contribution in [1.29, 1.82) is 0 Å². The van der Waals surface area contributed by atoms with E-state index in [1.165, 1.54) is 6.07 Å². The molecule has 1 heterocycles. The Morgan fingerprint density at radius 1 is 1.16 bits per heavy atom. The van der Waals surface area contributed by atoms with E-state index in [1.807, 2.05) is 38.1 Å².